The Morgan fingerprint density at radius 1 is 1.13 bits per heavy atom. The average molecular weight is 203 g/mol. The summed E-state index contributed by atoms with van der Waals surface area (Å²) in [6, 6.07) is 4.17. The second kappa shape index (κ2) is 3.85. The summed E-state index contributed by atoms with van der Waals surface area (Å²) in [7, 11) is 6.22. The average Bonchev–Trinajstić information content (AvgIpc) is 2.73. The number of nitrogens with zero attached hydrogens (tertiary/aromatic N) is 3. The lowest BCUT2D eigenvalue weighted by Crippen LogP contribution is -2.31. The lowest BCUT2D eigenvalue weighted by atomic mass is 10.3. The van der Waals surface area contributed by atoms with Crippen molar-refractivity contribution in [1.29, 1.82) is 0 Å². The standard InChI is InChI=1S/C12H17N3/c1-13-8-4-5-11(13)6-7-12-14(2)9-10-15(12)3/h4-10,12H,1-3H3/b7-6+. The zero-order valence-electron chi connectivity index (χ0n) is 9.46. The van der Waals surface area contributed by atoms with Crippen molar-refractivity contribution in [3.63, 3.8) is 0 Å². The van der Waals surface area contributed by atoms with Crippen LogP contribution in [0.15, 0.2) is 36.8 Å². The van der Waals surface area contributed by atoms with Crippen molar-refractivity contribution < 1.29 is 0 Å². The van der Waals surface area contributed by atoms with Crippen molar-refractivity contribution in [3.8, 4) is 0 Å². The van der Waals surface area contributed by atoms with Gasteiger partial charge in [0.25, 0.3) is 0 Å². The molecule has 0 saturated heterocycles. The zero-order valence-corrected chi connectivity index (χ0v) is 9.46. The van der Waals surface area contributed by atoms with Crippen molar-refractivity contribution in [1.82, 2.24) is 14.4 Å². The van der Waals surface area contributed by atoms with Crippen LogP contribution in [0.4, 0.5) is 0 Å². The van der Waals surface area contributed by atoms with Gasteiger partial charge < -0.3 is 14.4 Å². The Morgan fingerprint density at radius 3 is 2.33 bits per heavy atom. The summed E-state index contributed by atoms with van der Waals surface area (Å²) in [6.45, 7) is 0. The zero-order chi connectivity index (χ0) is 10.8. The molecule has 80 valence electrons. The van der Waals surface area contributed by atoms with Crippen molar-refractivity contribution in [2.75, 3.05) is 14.1 Å². The van der Waals surface area contributed by atoms with Gasteiger partial charge in [0, 0.05) is 45.4 Å². The molecule has 0 amide bonds. The van der Waals surface area contributed by atoms with E-state index < -0.39 is 0 Å². The second-order valence-corrected chi connectivity index (χ2v) is 3.95. The van der Waals surface area contributed by atoms with Crippen LogP contribution in [0.5, 0.6) is 0 Å². The fourth-order valence-electron chi connectivity index (χ4n) is 1.78. The largest absolute Gasteiger partial charge is 0.356 e. The van der Waals surface area contributed by atoms with Crippen LogP contribution < -0.4 is 0 Å². The van der Waals surface area contributed by atoms with Crippen LogP contribution >= 0.6 is 0 Å². The van der Waals surface area contributed by atoms with Crippen LogP contribution in [-0.4, -0.2) is 34.6 Å². The highest BCUT2D eigenvalue weighted by Crippen LogP contribution is 2.14. The summed E-state index contributed by atoms with van der Waals surface area (Å²) in [5, 5.41) is 0. The van der Waals surface area contributed by atoms with Gasteiger partial charge in [0.05, 0.1) is 0 Å². The van der Waals surface area contributed by atoms with E-state index in [1.807, 2.05) is 0 Å². The van der Waals surface area contributed by atoms with Crippen LogP contribution in [0.3, 0.4) is 0 Å². The molecule has 0 saturated carbocycles. The normalized spacial score (nSPS) is 17.3. The summed E-state index contributed by atoms with van der Waals surface area (Å²) in [6.07, 6.45) is 10.9. The van der Waals surface area contributed by atoms with E-state index in [2.05, 4.69) is 78.4 Å². The molecule has 3 nitrogen and oxygen atoms in total. The summed E-state index contributed by atoms with van der Waals surface area (Å²) in [4.78, 5) is 4.36. The molecule has 1 aliphatic heterocycles. The molecule has 0 radical (unpaired) electrons. The molecule has 0 aliphatic carbocycles. The fraction of sp³-hybridized carbons (Fsp3) is 0.333. The summed E-state index contributed by atoms with van der Waals surface area (Å²) >= 11 is 0. The van der Waals surface area contributed by atoms with Crippen LogP contribution in [-0.2, 0) is 7.05 Å². The Morgan fingerprint density at radius 2 is 1.80 bits per heavy atom. The molecule has 15 heavy (non-hydrogen) atoms. The predicted molar refractivity (Wildman–Crippen MR) is 62.9 cm³/mol. The Kier molecular flexibility index (Phi) is 2.54. The first kappa shape index (κ1) is 9.90. The third kappa shape index (κ3) is 1.91. The number of aryl methyl sites for hydroxylation is 1. The van der Waals surface area contributed by atoms with E-state index in [-0.39, 0.29) is 0 Å². The van der Waals surface area contributed by atoms with Gasteiger partial charge in [-0.25, -0.2) is 0 Å². The van der Waals surface area contributed by atoms with Gasteiger partial charge in [0.1, 0.15) is 6.17 Å². The fourth-order valence-corrected chi connectivity index (χ4v) is 1.78. The molecule has 0 unspecified atom stereocenters. The topological polar surface area (TPSA) is 11.4 Å². The van der Waals surface area contributed by atoms with Gasteiger partial charge in [0.2, 0.25) is 0 Å². The maximum atomic E-state index is 2.20. The van der Waals surface area contributed by atoms with Gasteiger partial charge in [-0.1, -0.05) is 0 Å². The van der Waals surface area contributed by atoms with Crippen LogP contribution in [0, 0.1) is 0 Å². The Labute approximate surface area is 90.9 Å². The molecule has 0 N–H and O–H groups in total. The van der Waals surface area contributed by atoms with E-state index >= 15 is 0 Å². The number of rotatable bonds is 2. The smallest absolute Gasteiger partial charge is 0.120 e. The van der Waals surface area contributed by atoms with Gasteiger partial charge in [0.15, 0.2) is 0 Å². The van der Waals surface area contributed by atoms with Crippen LogP contribution in [0.2, 0.25) is 0 Å². The lowest BCUT2D eigenvalue weighted by Gasteiger charge is -2.24. The monoisotopic (exact) mass is 203 g/mol. The van der Waals surface area contributed by atoms with Gasteiger partial charge in [-0.05, 0) is 24.3 Å². The Balaban J connectivity index is 2.09. The molecule has 0 fully saturated rings. The second-order valence-electron chi connectivity index (χ2n) is 3.95. The first-order valence-electron chi connectivity index (χ1n) is 5.10. The Hall–Kier alpha value is -1.64. The molecule has 0 aromatic carbocycles. The Bertz CT molecular complexity index is 377. The maximum Gasteiger partial charge on any atom is 0.120 e. The van der Waals surface area contributed by atoms with Gasteiger partial charge in [-0.15, -0.1) is 0 Å². The summed E-state index contributed by atoms with van der Waals surface area (Å²) in [5.74, 6) is 0. The maximum absolute atomic E-state index is 2.20. The van der Waals surface area contributed by atoms with E-state index in [1.165, 1.54) is 5.69 Å². The van der Waals surface area contributed by atoms with Crippen molar-refractivity contribution in [2.45, 2.75) is 6.17 Å². The SMILES string of the molecule is CN1C=CN(C)C1/C=C/c1cccn1C. The molecule has 2 heterocycles. The molecule has 1 aliphatic rings. The van der Waals surface area contributed by atoms with Gasteiger partial charge in [-0.3, -0.25) is 0 Å². The molecule has 0 spiro atoms. The summed E-state index contributed by atoms with van der Waals surface area (Å²) in [5.41, 5.74) is 1.23. The number of hydrogen-bond acceptors (Lipinski definition) is 2. The minimum atomic E-state index is 0.333. The molecule has 0 atom stereocenters. The van der Waals surface area contributed by atoms with Gasteiger partial charge >= 0.3 is 0 Å². The molecule has 3 heteroatoms. The van der Waals surface area contributed by atoms with E-state index in [9.17, 15) is 0 Å². The molecule has 0 bridgehead atoms. The van der Waals surface area contributed by atoms with Crippen LogP contribution in [0.1, 0.15) is 5.69 Å². The summed E-state index contributed by atoms with van der Waals surface area (Å²) < 4.78 is 2.11. The van der Waals surface area contributed by atoms with Crippen molar-refractivity contribution >= 4 is 6.08 Å². The van der Waals surface area contributed by atoms with Crippen molar-refractivity contribution in [2.24, 2.45) is 7.05 Å². The highest BCUT2D eigenvalue weighted by atomic mass is 15.4. The van der Waals surface area contributed by atoms with E-state index in [0.29, 0.717) is 6.17 Å². The highest BCUT2D eigenvalue weighted by molar-refractivity contribution is 5.46. The number of hydrogen-bond donors (Lipinski definition) is 0. The first-order chi connectivity index (χ1) is 7.18. The quantitative estimate of drug-likeness (QED) is 0.725. The molecular formula is C12H17N3. The molecule has 1 aromatic rings. The van der Waals surface area contributed by atoms with E-state index in [0.717, 1.165) is 0 Å². The first-order valence-corrected chi connectivity index (χ1v) is 5.10. The molecular weight excluding hydrogens is 186 g/mol. The predicted octanol–water partition coefficient (Wildman–Crippen LogP) is 1.71. The van der Waals surface area contributed by atoms with Crippen LogP contribution in [0.25, 0.3) is 6.08 Å². The van der Waals surface area contributed by atoms with E-state index in [1.54, 1.807) is 0 Å². The van der Waals surface area contributed by atoms with E-state index in [4.69, 9.17) is 0 Å². The minimum Gasteiger partial charge on any atom is -0.356 e. The minimum absolute atomic E-state index is 0.333. The van der Waals surface area contributed by atoms with Crippen molar-refractivity contribution in [3.05, 3.63) is 42.5 Å². The molecule has 1 aromatic heterocycles. The molecule has 2 rings (SSSR count). The third-order valence-corrected chi connectivity index (χ3v) is 2.79. The number of likely N-dealkylation sites (N-methyl/N-ethyl adjacent to an activating group) is 2. The third-order valence-electron chi connectivity index (χ3n) is 2.79. The lowest BCUT2D eigenvalue weighted by molar-refractivity contribution is 0.258. The number of aromatic nitrogens is 1. The highest BCUT2D eigenvalue weighted by Gasteiger charge is 2.16. The van der Waals surface area contributed by atoms with Gasteiger partial charge in [-0.2, -0.15) is 0 Å².